The number of carbonyl (C=O) groups is 1. The summed E-state index contributed by atoms with van der Waals surface area (Å²) < 4.78 is 29.3. The van der Waals surface area contributed by atoms with E-state index in [2.05, 4.69) is 16.4 Å². The van der Waals surface area contributed by atoms with Gasteiger partial charge < -0.3 is 10.3 Å². The van der Waals surface area contributed by atoms with Crippen molar-refractivity contribution < 1.29 is 17.4 Å². The molecular formula is C19H18N2O4S. The van der Waals surface area contributed by atoms with E-state index in [9.17, 15) is 13.2 Å². The molecule has 2 N–H and O–H groups in total. The van der Waals surface area contributed by atoms with Gasteiger partial charge >= 0.3 is 0 Å². The molecule has 134 valence electrons. The molecule has 0 radical (unpaired) electrons. The van der Waals surface area contributed by atoms with Gasteiger partial charge in [0, 0.05) is 22.6 Å². The normalized spacial score (nSPS) is 21.8. The molecule has 0 atom stereocenters. The van der Waals surface area contributed by atoms with Crippen LogP contribution in [0.3, 0.4) is 0 Å². The minimum absolute atomic E-state index is 0.101. The molecule has 2 aliphatic heterocycles. The molecule has 0 spiro atoms. The molecule has 0 saturated heterocycles. The van der Waals surface area contributed by atoms with E-state index in [1.54, 1.807) is 6.07 Å². The molecule has 7 heteroatoms. The molecule has 0 saturated carbocycles. The zero-order valence-electron chi connectivity index (χ0n) is 14.1. The second-order valence-corrected chi connectivity index (χ2v) is 8.52. The van der Waals surface area contributed by atoms with E-state index in [1.807, 2.05) is 6.08 Å². The van der Waals surface area contributed by atoms with Gasteiger partial charge in [-0.1, -0.05) is 0 Å². The van der Waals surface area contributed by atoms with E-state index in [1.165, 1.54) is 30.2 Å². The van der Waals surface area contributed by atoms with Crippen molar-refractivity contribution in [3.05, 3.63) is 46.3 Å². The highest BCUT2D eigenvalue weighted by atomic mass is 32.2. The summed E-state index contributed by atoms with van der Waals surface area (Å²) in [5.41, 5.74) is 5.96. The van der Waals surface area contributed by atoms with E-state index in [0.29, 0.717) is 28.8 Å². The predicted molar refractivity (Wildman–Crippen MR) is 97.2 cm³/mol. The monoisotopic (exact) mass is 370 g/mol. The van der Waals surface area contributed by atoms with Crippen molar-refractivity contribution in [1.82, 2.24) is 4.98 Å². The number of H-pyrrole nitrogens is 1. The summed E-state index contributed by atoms with van der Waals surface area (Å²) in [6, 6.07) is 5.25. The first-order valence-electron chi connectivity index (χ1n) is 8.82. The number of fused-ring (bicyclic) bond motifs is 4. The number of aromatic amines is 1. The van der Waals surface area contributed by atoms with Crippen LogP contribution in [0.5, 0.6) is 0 Å². The van der Waals surface area contributed by atoms with E-state index in [4.69, 9.17) is 4.18 Å². The molecule has 5 rings (SSSR count). The number of anilines is 1. The molecule has 6 nitrogen and oxygen atoms in total. The summed E-state index contributed by atoms with van der Waals surface area (Å²) >= 11 is 0. The average Bonchev–Trinajstić information content (AvgIpc) is 3.15. The topological polar surface area (TPSA) is 88.3 Å². The van der Waals surface area contributed by atoms with Crippen molar-refractivity contribution in [2.75, 3.05) is 11.9 Å². The van der Waals surface area contributed by atoms with E-state index >= 15 is 0 Å². The highest BCUT2D eigenvalue weighted by Crippen LogP contribution is 2.40. The fourth-order valence-corrected chi connectivity index (χ4v) is 5.31. The largest absolute Gasteiger partial charge is 0.359 e. The van der Waals surface area contributed by atoms with Gasteiger partial charge in [0.1, 0.15) is 0 Å². The number of aromatic nitrogens is 1. The van der Waals surface area contributed by atoms with Crippen molar-refractivity contribution in [3.63, 3.8) is 0 Å². The van der Waals surface area contributed by atoms with Crippen LogP contribution >= 0.6 is 0 Å². The van der Waals surface area contributed by atoms with Gasteiger partial charge in [0.25, 0.3) is 16.0 Å². The molecular weight excluding hydrogens is 352 g/mol. The Labute approximate surface area is 151 Å². The Morgan fingerprint density at radius 3 is 2.81 bits per heavy atom. The maximum Gasteiger partial charge on any atom is 0.297 e. The molecule has 1 aromatic carbocycles. The van der Waals surface area contributed by atoms with Crippen molar-refractivity contribution in [2.24, 2.45) is 0 Å². The first kappa shape index (κ1) is 15.8. The third-order valence-corrected chi connectivity index (χ3v) is 6.73. The third kappa shape index (κ3) is 2.34. The average molecular weight is 370 g/mol. The van der Waals surface area contributed by atoms with Crippen LogP contribution in [-0.4, -0.2) is 25.9 Å². The number of amides is 1. The summed E-state index contributed by atoms with van der Waals surface area (Å²) in [6.45, 7) is 0.101. The molecule has 2 aromatic rings. The van der Waals surface area contributed by atoms with Gasteiger partial charge in [-0.15, -0.1) is 0 Å². The van der Waals surface area contributed by atoms with Gasteiger partial charge in [-0.3, -0.25) is 8.98 Å². The van der Waals surface area contributed by atoms with Gasteiger partial charge in [-0.2, -0.15) is 8.42 Å². The van der Waals surface area contributed by atoms with Crippen LogP contribution in [0.25, 0.3) is 11.6 Å². The van der Waals surface area contributed by atoms with E-state index in [0.717, 1.165) is 18.5 Å². The maximum absolute atomic E-state index is 12.6. The van der Waals surface area contributed by atoms with Gasteiger partial charge in [0.05, 0.1) is 17.1 Å². The van der Waals surface area contributed by atoms with Gasteiger partial charge in [-0.25, -0.2) is 0 Å². The summed E-state index contributed by atoms with van der Waals surface area (Å²) in [5.74, 6) is -0.204. The maximum atomic E-state index is 12.6. The Kier molecular flexibility index (Phi) is 3.39. The first-order valence-corrected chi connectivity index (χ1v) is 10.2. The number of carbonyl (C=O) groups excluding carboxylic acids is 1. The molecule has 0 bridgehead atoms. The molecule has 0 fully saturated rings. The Morgan fingerprint density at radius 1 is 1.12 bits per heavy atom. The highest BCUT2D eigenvalue weighted by molar-refractivity contribution is 7.86. The molecule has 1 aliphatic carbocycles. The second-order valence-electron chi connectivity index (χ2n) is 6.94. The van der Waals surface area contributed by atoms with E-state index < -0.39 is 10.1 Å². The summed E-state index contributed by atoms with van der Waals surface area (Å²) in [4.78, 5) is 16.1. The number of aryl methyl sites for hydroxylation is 2. The van der Waals surface area contributed by atoms with Crippen LogP contribution in [0.2, 0.25) is 0 Å². The van der Waals surface area contributed by atoms with Crippen LogP contribution in [0.1, 0.15) is 40.9 Å². The van der Waals surface area contributed by atoms with Gasteiger partial charge in [-0.05, 0) is 67.5 Å². The molecule has 26 heavy (non-hydrogen) atoms. The summed E-state index contributed by atoms with van der Waals surface area (Å²) in [7, 11) is -3.75. The fraction of sp³-hybridized carbons (Fsp3) is 0.316. The first-order chi connectivity index (χ1) is 12.5. The van der Waals surface area contributed by atoms with Crippen molar-refractivity contribution >= 4 is 33.4 Å². The Balaban J connectivity index is 1.67. The summed E-state index contributed by atoms with van der Waals surface area (Å²) in [5, 5.41) is 2.85. The SMILES string of the molecule is O=C1Nc2ccc3c(c2/C1=C/c1cc2c([nH]1)CCCC2)CCOS3(=O)=O. The minimum Gasteiger partial charge on any atom is -0.359 e. The Morgan fingerprint density at radius 2 is 1.96 bits per heavy atom. The molecule has 1 aromatic heterocycles. The van der Waals surface area contributed by atoms with Gasteiger partial charge in [0.15, 0.2) is 0 Å². The lowest BCUT2D eigenvalue weighted by atomic mass is 9.97. The van der Waals surface area contributed by atoms with Crippen LogP contribution in [0.4, 0.5) is 5.69 Å². The number of hydrogen-bond donors (Lipinski definition) is 2. The minimum atomic E-state index is -3.75. The predicted octanol–water partition coefficient (Wildman–Crippen LogP) is 2.65. The number of benzene rings is 1. The lowest BCUT2D eigenvalue weighted by Gasteiger charge is -2.19. The fourth-order valence-electron chi connectivity index (χ4n) is 4.14. The van der Waals surface area contributed by atoms with Gasteiger partial charge in [0.2, 0.25) is 0 Å². The quantitative estimate of drug-likeness (QED) is 0.597. The standard InChI is InChI=1S/C19H18N2O4S/c22-19-14(10-12-9-11-3-1-2-4-15(11)20-12)18-13-7-8-25-26(23,24)17(13)6-5-16(18)21-19/h5-6,9-10,20H,1-4,7-8H2,(H,21,22)/b14-10-. The molecule has 1 amide bonds. The second kappa shape index (κ2) is 5.56. The van der Waals surface area contributed by atoms with Crippen LogP contribution in [0.15, 0.2) is 23.1 Å². The number of rotatable bonds is 1. The highest BCUT2D eigenvalue weighted by Gasteiger charge is 2.34. The zero-order chi connectivity index (χ0) is 17.9. The molecule has 0 unspecified atom stereocenters. The Bertz CT molecular complexity index is 1060. The van der Waals surface area contributed by atoms with E-state index in [-0.39, 0.29) is 17.4 Å². The van der Waals surface area contributed by atoms with Crippen LogP contribution in [0, 0.1) is 0 Å². The number of hydrogen-bond acceptors (Lipinski definition) is 4. The third-order valence-electron chi connectivity index (χ3n) is 5.33. The van der Waals surface area contributed by atoms with Crippen LogP contribution < -0.4 is 5.32 Å². The van der Waals surface area contributed by atoms with Crippen molar-refractivity contribution in [3.8, 4) is 0 Å². The summed E-state index contributed by atoms with van der Waals surface area (Å²) in [6.07, 6.45) is 6.76. The molecule has 3 heterocycles. The lowest BCUT2D eigenvalue weighted by molar-refractivity contribution is -0.110. The van der Waals surface area contributed by atoms with Crippen LogP contribution in [-0.2, 0) is 38.4 Å². The van der Waals surface area contributed by atoms with Crippen molar-refractivity contribution in [2.45, 2.75) is 37.0 Å². The lowest BCUT2D eigenvalue weighted by Crippen LogP contribution is -2.19. The smallest absolute Gasteiger partial charge is 0.297 e. The zero-order valence-corrected chi connectivity index (χ0v) is 14.9. The Hall–Kier alpha value is -2.38. The number of nitrogens with one attached hydrogen (secondary N) is 2. The van der Waals surface area contributed by atoms with Crippen molar-refractivity contribution in [1.29, 1.82) is 0 Å². The molecule has 3 aliphatic rings.